The van der Waals surface area contributed by atoms with Gasteiger partial charge >= 0.3 is 0 Å². The molecule has 0 aliphatic carbocycles. The van der Waals surface area contributed by atoms with Crippen LogP contribution >= 0.6 is 7.82 Å². The van der Waals surface area contributed by atoms with Gasteiger partial charge < -0.3 is 28.8 Å². The first-order valence-electron chi connectivity index (χ1n) is 35.5. The normalized spacial score (nSPS) is 13.9. The third-order valence-electron chi connectivity index (χ3n) is 16.2. The molecule has 0 spiro atoms. The van der Waals surface area contributed by atoms with E-state index in [0.717, 1.165) is 44.9 Å². The van der Waals surface area contributed by atoms with Crippen molar-refractivity contribution in [2.75, 3.05) is 40.9 Å². The summed E-state index contributed by atoms with van der Waals surface area (Å²) >= 11 is 0. The molecule has 0 heterocycles. The molecular weight excluding hydrogens is 1020 g/mol. The molecule has 81 heavy (non-hydrogen) atoms. The van der Waals surface area contributed by atoms with Crippen LogP contribution in [0.5, 0.6) is 0 Å². The van der Waals surface area contributed by atoms with Gasteiger partial charge in [0.05, 0.1) is 39.9 Å². The van der Waals surface area contributed by atoms with E-state index in [0.29, 0.717) is 17.4 Å². The van der Waals surface area contributed by atoms with Gasteiger partial charge in [0.2, 0.25) is 5.91 Å². The smallest absolute Gasteiger partial charge is 0.268 e. The second-order valence-corrected chi connectivity index (χ2v) is 27.0. The lowest BCUT2D eigenvalue weighted by Crippen LogP contribution is -2.45. The minimum absolute atomic E-state index is 0.00827. The fraction of sp³-hybridized carbons (Fsp3) is 0.875. The lowest BCUT2D eigenvalue weighted by molar-refractivity contribution is -0.870. The molecule has 0 fully saturated rings. The number of phosphoric ester groups is 1. The Balaban J connectivity index is 4.11. The third-order valence-corrected chi connectivity index (χ3v) is 17.2. The number of quaternary nitrogens is 1. The van der Waals surface area contributed by atoms with Gasteiger partial charge in [-0.15, -0.1) is 0 Å². The van der Waals surface area contributed by atoms with Gasteiger partial charge in [-0.05, 0) is 70.6 Å². The van der Waals surface area contributed by atoms with Crippen LogP contribution in [0.2, 0.25) is 0 Å². The summed E-state index contributed by atoms with van der Waals surface area (Å²) in [6.45, 7) is 4.67. The highest BCUT2D eigenvalue weighted by molar-refractivity contribution is 7.45. The van der Waals surface area contributed by atoms with E-state index < -0.39 is 26.6 Å². The van der Waals surface area contributed by atoms with E-state index in [9.17, 15) is 19.4 Å². The van der Waals surface area contributed by atoms with Crippen molar-refractivity contribution in [2.24, 2.45) is 0 Å². The Morgan fingerprint density at radius 2 is 0.691 bits per heavy atom. The van der Waals surface area contributed by atoms with Crippen LogP contribution in [0.3, 0.4) is 0 Å². The highest BCUT2D eigenvalue weighted by Gasteiger charge is 2.23. The minimum atomic E-state index is -4.62. The van der Waals surface area contributed by atoms with Crippen LogP contribution in [-0.4, -0.2) is 68.5 Å². The Labute approximate surface area is 505 Å². The maximum Gasteiger partial charge on any atom is 0.268 e. The predicted octanol–water partition coefficient (Wildman–Crippen LogP) is 22.0. The molecule has 0 saturated heterocycles. The summed E-state index contributed by atoms with van der Waals surface area (Å²) in [5.41, 5.74) is 0. The van der Waals surface area contributed by atoms with Gasteiger partial charge in [0, 0.05) is 6.42 Å². The summed E-state index contributed by atoms with van der Waals surface area (Å²) in [6.07, 6.45) is 85.3. The zero-order chi connectivity index (χ0) is 59.1. The highest BCUT2D eigenvalue weighted by atomic mass is 31.2. The van der Waals surface area contributed by atoms with Crippen LogP contribution in [-0.2, 0) is 18.4 Å². The lowest BCUT2D eigenvalue weighted by atomic mass is 10.0. The zero-order valence-electron chi connectivity index (χ0n) is 54.8. The molecular formula is C72H139N2O6P. The van der Waals surface area contributed by atoms with Crippen molar-refractivity contribution < 1.29 is 32.9 Å². The number of allylic oxidation sites excluding steroid dienone is 7. The molecule has 478 valence electrons. The highest BCUT2D eigenvalue weighted by Crippen LogP contribution is 2.38. The number of nitrogens with one attached hydrogen (secondary N) is 1. The average Bonchev–Trinajstić information content (AvgIpc) is 3.43. The number of aliphatic hydroxyl groups excluding tert-OH is 1. The van der Waals surface area contributed by atoms with Crippen LogP contribution < -0.4 is 10.2 Å². The number of amides is 1. The molecule has 0 radical (unpaired) electrons. The molecule has 9 heteroatoms. The molecule has 0 saturated carbocycles. The van der Waals surface area contributed by atoms with E-state index in [-0.39, 0.29) is 12.5 Å². The Kier molecular flexibility index (Phi) is 61.8. The van der Waals surface area contributed by atoms with Gasteiger partial charge in [-0.2, -0.15) is 0 Å². The molecule has 0 aliphatic heterocycles. The predicted molar refractivity (Wildman–Crippen MR) is 353 cm³/mol. The Morgan fingerprint density at radius 1 is 0.420 bits per heavy atom. The lowest BCUT2D eigenvalue weighted by Gasteiger charge is -2.29. The van der Waals surface area contributed by atoms with Crippen molar-refractivity contribution in [1.82, 2.24) is 5.32 Å². The van der Waals surface area contributed by atoms with Crippen molar-refractivity contribution >= 4 is 13.7 Å². The number of aliphatic hydroxyl groups is 1. The number of rotatable bonds is 66. The van der Waals surface area contributed by atoms with Crippen molar-refractivity contribution in [3.05, 3.63) is 48.6 Å². The first kappa shape index (κ1) is 79.5. The molecule has 1 amide bonds. The van der Waals surface area contributed by atoms with Crippen molar-refractivity contribution in [3.8, 4) is 0 Å². The van der Waals surface area contributed by atoms with Crippen LogP contribution in [0.1, 0.15) is 354 Å². The summed E-state index contributed by atoms with van der Waals surface area (Å²) in [5, 5.41) is 13.9. The maximum atomic E-state index is 13.0. The van der Waals surface area contributed by atoms with Gasteiger partial charge in [0.15, 0.2) is 0 Å². The molecule has 0 aromatic rings. The maximum absolute atomic E-state index is 13.0. The van der Waals surface area contributed by atoms with Crippen molar-refractivity contribution in [3.63, 3.8) is 0 Å². The van der Waals surface area contributed by atoms with Crippen LogP contribution in [0.15, 0.2) is 48.6 Å². The van der Waals surface area contributed by atoms with Crippen molar-refractivity contribution in [2.45, 2.75) is 366 Å². The number of hydrogen-bond donors (Lipinski definition) is 2. The second kappa shape index (κ2) is 63.0. The molecule has 3 atom stereocenters. The standard InChI is InChI=1S/C72H139N2O6P/c1-6-8-10-12-14-16-18-20-22-24-26-28-30-32-34-36-38-39-41-43-45-47-49-51-53-55-57-59-61-63-65-71(75)70(69-80-81(77,78)79-68-67-74(3,4)5)73-72(76)66-64-62-60-58-56-54-52-50-48-46-44-42-40-37-35-33-31-29-27-25-23-21-19-17-15-13-11-9-7-2/h25,27,47,49,55,57,63,65,70-71,75H,6-24,26,28-46,48,50-54,56,58-62,64,66-69H2,1-5H3,(H-,73,76,77,78)/b27-25-,49-47+,57-55+,65-63+. The first-order valence-corrected chi connectivity index (χ1v) is 37.0. The molecule has 3 unspecified atom stereocenters. The van der Waals surface area contributed by atoms with E-state index in [1.54, 1.807) is 6.08 Å². The monoisotopic (exact) mass is 1160 g/mol. The van der Waals surface area contributed by atoms with Gasteiger partial charge in [-0.3, -0.25) is 9.36 Å². The number of carbonyl (C=O) groups is 1. The van der Waals surface area contributed by atoms with Crippen LogP contribution in [0.25, 0.3) is 0 Å². The minimum Gasteiger partial charge on any atom is -0.756 e. The fourth-order valence-electron chi connectivity index (χ4n) is 10.7. The molecule has 0 aromatic carbocycles. The number of unbranched alkanes of at least 4 members (excludes halogenated alkanes) is 47. The molecule has 2 N–H and O–H groups in total. The van der Waals surface area contributed by atoms with Crippen LogP contribution in [0, 0.1) is 0 Å². The summed E-state index contributed by atoms with van der Waals surface area (Å²) in [4.78, 5) is 25.6. The molecule has 0 bridgehead atoms. The van der Waals surface area contributed by atoms with E-state index in [1.807, 2.05) is 27.2 Å². The SMILES string of the molecule is CCCCCCCCCC/C=C\CCCCCCCCCCCCCCCCCCCC(=O)NC(COP(=O)([O-])OCC[N+](C)(C)C)C(O)/C=C/CC/C=C/CC/C=C/CCCCCCCCCCCCCCCCCCCCCC. The zero-order valence-corrected chi connectivity index (χ0v) is 55.6. The molecule has 8 nitrogen and oxygen atoms in total. The van der Waals surface area contributed by atoms with Crippen molar-refractivity contribution in [1.29, 1.82) is 0 Å². The quantitative estimate of drug-likeness (QED) is 0.0272. The summed E-state index contributed by atoms with van der Waals surface area (Å²) in [5.74, 6) is -0.205. The summed E-state index contributed by atoms with van der Waals surface area (Å²) in [6, 6.07) is -0.911. The Hall–Kier alpha value is -1.54. The molecule has 0 aromatic heterocycles. The second-order valence-electron chi connectivity index (χ2n) is 25.6. The van der Waals surface area contributed by atoms with Gasteiger partial charge in [0.25, 0.3) is 7.82 Å². The van der Waals surface area contributed by atoms with E-state index >= 15 is 0 Å². The number of likely N-dealkylation sites (N-methyl/N-ethyl adjacent to an activating group) is 1. The van der Waals surface area contributed by atoms with Gasteiger partial charge in [-0.1, -0.05) is 326 Å². The van der Waals surface area contributed by atoms with E-state index in [4.69, 9.17) is 9.05 Å². The summed E-state index contributed by atoms with van der Waals surface area (Å²) < 4.78 is 23.4. The van der Waals surface area contributed by atoms with Gasteiger partial charge in [0.1, 0.15) is 13.2 Å². The first-order chi connectivity index (χ1) is 39.5. The number of nitrogens with zero attached hydrogens (tertiary/aromatic N) is 1. The molecule has 0 rings (SSSR count). The van der Waals surface area contributed by atoms with Gasteiger partial charge in [-0.25, -0.2) is 0 Å². The average molecular weight is 1160 g/mol. The number of carbonyl (C=O) groups excluding carboxylic acids is 1. The van der Waals surface area contributed by atoms with Crippen LogP contribution in [0.4, 0.5) is 0 Å². The topological polar surface area (TPSA) is 108 Å². The molecule has 0 aliphatic rings. The fourth-order valence-corrected chi connectivity index (χ4v) is 11.4. The van der Waals surface area contributed by atoms with E-state index in [1.165, 1.54) is 289 Å². The summed E-state index contributed by atoms with van der Waals surface area (Å²) in [7, 11) is 1.25. The third kappa shape index (κ3) is 65.9. The number of hydrogen-bond acceptors (Lipinski definition) is 6. The largest absolute Gasteiger partial charge is 0.756 e. The Bertz CT molecular complexity index is 1460. The Morgan fingerprint density at radius 3 is 1.00 bits per heavy atom. The van der Waals surface area contributed by atoms with E-state index in [2.05, 4.69) is 55.6 Å². The number of phosphoric acid groups is 1.